The van der Waals surface area contributed by atoms with Gasteiger partial charge in [-0.05, 0) is 54.1 Å². The Labute approximate surface area is 227 Å². The third-order valence-corrected chi connectivity index (χ3v) is 6.58. The molecule has 0 fully saturated rings. The van der Waals surface area contributed by atoms with E-state index in [2.05, 4.69) is 15.6 Å². The summed E-state index contributed by atoms with van der Waals surface area (Å²) in [7, 11) is 0. The highest BCUT2D eigenvalue weighted by Gasteiger charge is 2.36. The van der Waals surface area contributed by atoms with Crippen molar-refractivity contribution >= 4 is 29.1 Å². The number of aromatic nitrogens is 2. The van der Waals surface area contributed by atoms with Gasteiger partial charge >= 0.3 is 6.18 Å². The molecule has 1 atom stereocenters. The number of nitriles is 1. The highest BCUT2D eigenvalue weighted by atomic mass is 35.5. The Bertz CT molecular complexity index is 1730. The van der Waals surface area contributed by atoms with E-state index in [1.165, 1.54) is 35.3 Å². The number of anilines is 1. The Balaban J connectivity index is 1.63. The molecule has 13 heteroatoms. The van der Waals surface area contributed by atoms with E-state index in [0.29, 0.717) is 17.7 Å². The molecule has 2 N–H and O–H groups in total. The Hall–Kier alpha value is -4.76. The van der Waals surface area contributed by atoms with Crippen LogP contribution < -0.4 is 10.6 Å². The lowest BCUT2D eigenvalue weighted by Gasteiger charge is -2.19. The van der Waals surface area contributed by atoms with Crippen molar-refractivity contribution in [3.05, 3.63) is 117 Å². The van der Waals surface area contributed by atoms with Gasteiger partial charge in [-0.2, -0.15) is 18.4 Å². The third-order valence-electron chi connectivity index (χ3n) is 6.23. The fraction of sp³-hybridized carbons (Fsp3) is 0.111. The van der Waals surface area contributed by atoms with Gasteiger partial charge < -0.3 is 15.2 Å². The van der Waals surface area contributed by atoms with Gasteiger partial charge in [0.1, 0.15) is 23.4 Å². The zero-order valence-corrected chi connectivity index (χ0v) is 20.7. The van der Waals surface area contributed by atoms with Gasteiger partial charge in [0.15, 0.2) is 0 Å². The van der Waals surface area contributed by atoms with Crippen LogP contribution in [0.25, 0.3) is 0 Å². The van der Waals surface area contributed by atoms with Crippen molar-refractivity contribution in [1.29, 1.82) is 5.26 Å². The lowest BCUT2D eigenvalue weighted by molar-refractivity contribution is -0.137. The smallest absolute Gasteiger partial charge is 0.341 e. The Morgan fingerprint density at radius 1 is 1.12 bits per heavy atom. The second-order valence-corrected chi connectivity index (χ2v) is 9.28. The van der Waals surface area contributed by atoms with Crippen molar-refractivity contribution in [2.75, 3.05) is 5.32 Å². The second kappa shape index (κ2) is 10.1. The standard InChI is InChI=1S/C27H15ClF5N5O2/c28-21-2-1-16(29)8-19(21)24-23-20(26(40)37-24)3-13(11-38-12-35-10-18(38)9-34)4-22(23)36-25(39)14-5-15(27(31,32)33)7-17(30)6-14/h1-8,10,12,24H,11H2,(H,36,39)(H,37,40)/t24-/m0/s1. The van der Waals surface area contributed by atoms with Gasteiger partial charge in [0.2, 0.25) is 0 Å². The molecule has 0 saturated heterocycles. The van der Waals surface area contributed by atoms with Crippen LogP contribution >= 0.6 is 11.6 Å². The number of amides is 2. The highest BCUT2D eigenvalue weighted by Crippen LogP contribution is 2.40. The molecule has 5 rings (SSSR count). The predicted molar refractivity (Wildman–Crippen MR) is 133 cm³/mol. The maximum atomic E-state index is 14.1. The largest absolute Gasteiger partial charge is 0.416 e. The van der Waals surface area contributed by atoms with E-state index in [9.17, 15) is 36.8 Å². The fourth-order valence-corrected chi connectivity index (χ4v) is 4.70. The summed E-state index contributed by atoms with van der Waals surface area (Å²) in [6.45, 7) is 0.0376. The number of alkyl halides is 3. The van der Waals surface area contributed by atoms with E-state index in [1.54, 1.807) is 0 Å². The molecule has 0 aliphatic carbocycles. The maximum Gasteiger partial charge on any atom is 0.416 e. The molecule has 1 aliphatic rings. The van der Waals surface area contributed by atoms with E-state index in [0.717, 1.165) is 12.1 Å². The van der Waals surface area contributed by atoms with Crippen LogP contribution in [0.3, 0.4) is 0 Å². The minimum Gasteiger partial charge on any atom is -0.341 e. The molecule has 0 spiro atoms. The molecule has 0 unspecified atom stereocenters. The lowest BCUT2D eigenvalue weighted by atomic mass is 9.94. The molecule has 2 amide bonds. The summed E-state index contributed by atoms with van der Waals surface area (Å²) < 4.78 is 69.4. The van der Waals surface area contributed by atoms with Crippen molar-refractivity contribution in [3.8, 4) is 6.07 Å². The van der Waals surface area contributed by atoms with Crippen molar-refractivity contribution in [3.63, 3.8) is 0 Å². The number of fused-ring (bicyclic) bond motifs is 1. The minimum atomic E-state index is -4.91. The zero-order chi connectivity index (χ0) is 28.8. The first-order valence-corrected chi connectivity index (χ1v) is 11.8. The van der Waals surface area contributed by atoms with Gasteiger partial charge in [-0.25, -0.2) is 13.8 Å². The van der Waals surface area contributed by atoms with Crippen LogP contribution in [0, 0.1) is 23.0 Å². The van der Waals surface area contributed by atoms with Crippen LogP contribution in [-0.2, 0) is 12.7 Å². The van der Waals surface area contributed by atoms with Gasteiger partial charge in [-0.1, -0.05) is 11.6 Å². The van der Waals surface area contributed by atoms with Crippen molar-refractivity contribution < 1.29 is 31.5 Å². The third kappa shape index (κ3) is 5.11. The number of carbonyl (C=O) groups excluding carboxylic acids is 2. The molecule has 202 valence electrons. The lowest BCUT2D eigenvalue weighted by Crippen LogP contribution is -2.21. The van der Waals surface area contributed by atoms with Gasteiger partial charge in [-0.15, -0.1) is 0 Å². The molecule has 0 bridgehead atoms. The summed E-state index contributed by atoms with van der Waals surface area (Å²) in [6.07, 6.45) is -2.20. The molecule has 1 aliphatic heterocycles. The van der Waals surface area contributed by atoms with Gasteiger partial charge in [0.25, 0.3) is 11.8 Å². The number of hydrogen-bond acceptors (Lipinski definition) is 4. The first-order valence-electron chi connectivity index (χ1n) is 11.5. The Kier molecular flexibility index (Phi) is 6.77. The number of benzene rings is 3. The summed E-state index contributed by atoms with van der Waals surface area (Å²) in [5.41, 5.74) is -0.951. The average molecular weight is 572 g/mol. The van der Waals surface area contributed by atoms with Gasteiger partial charge in [0.05, 0.1) is 24.1 Å². The molecular weight excluding hydrogens is 557 g/mol. The molecule has 7 nitrogen and oxygen atoms in total. The summed E-state index contributed by atoms with van der Waals surface area (Å²) in [5.74, 6) is -3.60. The van der Waals surface area contributed by atoms with Crippen LogP contribution in [0.1, 0.15) is 54.7 Å². The van der Waals surface area contributed by atoms with E-state index >= 15 is 0 Å². The number of rotatable bonds is 5. The molecule has 4 aromatic rings. The second-order valence-electron chi connectivity index (χ2n) is 8.88. The number of nitrogens with zero attached hydrogens (tertiary/aromatic N) is 3. The van der Waals surface area contributed by atoms with E-state index in [-0.39, 0.29) is 45.7 Å². The monoisotopic (exact) mass is 571 g/mol. The Morgan fingerprint density at radius 3 is 2.62 bits per heavy atom. The van der Waals surface area contributed by atoms with E-state index in [1.807, 2.05) is 6.07 Å². The van der Waals surface area contributed by atoms with Crippen LogP contribution in [0.2, 0.25) is 5.02 Å². The SMILES string of the molecule is N#Cc1cncn1Cc1cc(NC(=O)c2cc(F)cc(C(F)(F)F)c2)c2c(c1)C(=O)N[C@H]2c1cc(F)ccc1Cl. The maximum absolute atomic E-state index is 14.1. The van der Waals surface area contributed by atoms with Crippen LogP contribution in [-0.4, -0.2) is 21.4 Å². The van der Waals surface area contributed by atoms with Crippen molar-refractivity contribution in [2.45, 2.75) is 18.8 Å². The zero-order valence-electron chi connectivity index (χ0n) is 20.0. The van der Waals surface area contributed by atoms with Crippen LogP contribution in [0.4, 0.5) is 27.6 Å². The van der Waals surface area contributed by atoms with Gasteiger partial charge in [0, 0.05) is 39.5 Å². The normalized spacial score (nSPS) is 14.4. The molecule has 0 saturated carbocycles. The topological polar surface area (TPSA) is 99.8 Å². The van der Waals surface area contributed by atoms with E-state index < -0.39 is 46.8 Å². The summed E-state index contributed by atoms with van der Waals surface area (Å²) in [6, 6.07) is 8.79. The fourth-order valence-electron chi connectivity index (χ4n) is 4.47. The number of imidazole rings is 1. The number of nitrogens with one attached hydrogen (secondary N) is 2. The number of hydrogen-bond donors (Lipinski definition) is 2. The summed E-state index contributed by atoms with van der Waals surface area (Å²) in [4.78, 5) is 30.1. The molecule has 0 radical (unpaired) electrons. The van der Waals surface area contributed by atoms with Crippen molar-refractivity contribution in [1.82, 2.24) is 14.9 Å². The summed E-state index contributed by atoms with van der Waals surface area (Å²) >= 11 is 6.29. The number of carbonyl (C=O) groups is 2. The quantitative estimate of drug-likeness (QED) is 0.294. The molecular formula is C27H15ClF5N5O2. The van der Waals surface area contributed by atoms with E-state index in [4.69, 9.17) is 11.6 Å². The summed E-state index contributed by atoms with van der Waals surface area (Å²) in [5, 5.41) is 14.6. The predicted octanol–water partition coefficient (Wildman–Crippen LogP) is 5.84. The molecule has 40 heavy (non-hydrogen) atoms. The first kappa shape index (κ1) is 26.8. The molecule has 2 heterocycles. The van der Waals surface area contributed by atoms with Crippen molar-refractivity contribution in [2.24, 2.45) is 0 Å². The number of halogens is 6. The van der Waals surface area contributed by atoms with Crippen LogP contribution in [0.15, 0.2) is 61.1 Å². The van der Waals surface area contributed by atoms with Gasteiger partial charge in [-0.3, -0.25) is 9.59 Å². The first-order chi connectivity index (χ1) is 18.9. The molecule has 3 aromatic carbocycles. The average Bonchev–Trinajstić information content (AvgIpc) is 3.48. The highest BCUT2D eigenvalue weighted by molar-refractivity contribution is 6.31. The molecule has 1 aromatic heterocycles. The van der Waals surface area contributed by atoms with Crippen LogP contribution in [0.5, 0.6) is 0 Å². The Morgan fingerprint density at radius 2 is 1.90 bits per heavy atom. The minimum absolute atomic E-state index is 0.0161.